The Labute approximate surface area is 219 Å². The number of ether oxygens (including phenoxy) is 1. The van der Waals surface area contributed by atoms with Crippen LogP contribution in [0.15, 0.2) is 48.7 Å². The molecule has 1 heterocycles. The molecule has 0 saturated carbocycles. The van der Waals surface area contributed by atoms with Crippen molar-refractivity contribution in [1.82, 2.24) is 9.97 Å². The van der Waals surface area contributed by atoms with E-state index >= 15 is 0 Å². The summed E-state index contributed by atoms with van der Waals surface area (Å²) in [6, 6.07) is 11.0. The molecular formula is C24H28FN7O5S. The lowest BCUT2D eigenvalue weighted by molar-refractivity contribution is -0.140. The minimum atomic E-state index is -3.31. The van der Waals surface area contributed by atoms with Crippen molar-refractivity contribution in [2.24, 2.45) is 5.73 Å². The number of nitrogens with two attached hydrogens (primary N) is 1. The highest BCUT2D eigenvalue weighted by Gasteiger charge is 2.16. The Balaban J connectivity index is 1.81. The number of para-hydroxylation sites is 2. The predicted octanol–water partition coefficient (Wildman–Crippen LogP) is 2.98. The highest BCUT2D eigenvalue weighted by molar-refractivity contribution is 7.90. The second-order valence-electron chi connectivity index (χ2n) is 8.16. The third-order valence-electron chi connectivity index (χ3n) is 5.09. The molecule has 0 fully saturated rings. The number of sulfone groups is 1. The van der Waals surface area contributed by atoms with Gasteiger partial charge in [-0.1, -0.05) is 12.1 Å². The average Bonchev–Trinajstić information content (AvgIpc) is 2.87. The van der Waals surface area contributed by atoms with E-state index in [1.807, 2.05) is 0 Å². The Morgan fingerprint density at radius 2 is 1.79 bits per heavy atom. The van der Waals surface area contributed by atoms with Gasteiger partial charge in [-0.25, -0.2) is 17.8 Å². The Morgan fingerprint density at radius 3 is 2.47 bits per heavy atom. The third-order valence-corrected chi connectivity index (χ3v) is 5.76. The number of hydrogen-bond donors (Lipinski definition) is 5. The van der Waals surface area contributed by atoms with E-state index in [4.69, 9.17) is 5.73 Å². The van der Waals surface area contributed by atoms with E-state index < -0.39 is 21.6 Å². The summed E-state index contributed by atoms with van der Waals surface area (Å²) in [4.78, 5) is 31.6. The van der Waals surface area contributed by atoms with Gasteiger partial charge in [0.05, 0.1) is 24.2 Å². The first-order valence-electron chi connectivity index (χ1n) is 11.4. The van der Waals surface area contributed by atoms with E-state index in [2.05, 4.69) is 36.0 Å². The molecule has 12 nitrogen and oxygen atoms in total. The van der Waals surface area contributed by atoms with E-state index in [0.29, 0.717) is 30.0 Å². The van der Waals surface area contributed by atoms with Crippen LogP contribution < -0.4 is 27.0 Å². The van der Waals surface area contributed by atoms with E-state index in [0.717, 1.165) is 6.26 Å². The lowest BCUT2D eigenvalue weighted by Gasteiger charge is -2.15. The van der Waals surface area contributed by atoms with Crippen molar-refractivity contribution >= 4 is 56.2 Å². The van der Waals surface area contributed by atoms with Crippen LogP contribution in [0.3, 0.4) is 0 Å². The van der Waals surface area contributed by atoms with Crippen molar-refractivity contribution in [3.63, 3.8) is 0 Å². The second-order valence-corrected chi connectivity index (χ2v) is 10.3. The fraction of sp³-hybridized carbons (Fsp3) is 0.250. The molecule has 1 aromatic heterocycles. The van der Waals surface area contributed by atoms with Gasteiger partial charge in [0.2, 0.25) is 5.95 Å². The number of aromatic nitrogens is 2. The Morgan fingerprint density at radius 1 is 1.05 bits per heavy atom. The van der Waals surface area contributed by atoms with Crippen LogP contribution in [0.1, 0.15) is 23.2 Å². The number of methoxy groups -OCH3 is 1. The van der Waals surface area contributed by atoms with Crippen LogP contribution in [0, 0.1) is 5.82 Å². The molecule has 0 unspecified atom stereocenters. The first-order valence-corrected chi connectivity index (χ1v) is 13.4. The van der Waals surface area contributed by atoms with Gasteiger partial charge in [-0.05, 0) is 36.8 Å². The van der Waals surface area contributed by atoms with Crippen LogP contribution in [0.4, 0.5) is 38.9 Å². The van der Waals surface area contributed by atoms with Crippen molar-refractivity contribution in [3.05, 3.63) is 60.0 Å². The van der Waals surface area contributed by atoms with E-state index in [9.17, 15) is 22.4 Å². The lowest BCUT2D eigenvalue weighted by Crippen LogP contribution is -2.17. The number of halogens is 1. The quantitative estimate of drug-likeness (QED) is 0.158. The Bertz CT molecular complexity index is 1420. The zero-order valence-corrected chi connectivity index (χ0v) is 21.6. The lowest BCUT2D eigenvalue weighted by atomic mass is 10.2. The third kappa shape index (κ3) is 8.30. The predicted molar refractivity (Wildman–Crippen MR) is 143 cm³/mol. The van der Waals surface area contributed by atoms with Gasteiger partial charge in [0.25, 0.3) is 5.91 Å². The van der Waals surface area contributed by atoms with Gasteiger partial charge < -0.3 is 31.7 Å². The summed E-state index contributed by atoms with van der Waals surface area (Å²) in [7, 11) is -1.98. The number of benzene rings is 2. The van der Waals surface area contributed by atoms with Gasteiger partial charge in [-0.2, -0.15) is 4.98 Å². The summed E-state index contributed by atoms with van der Waals surface area (Å²) < 4.78 is 42.3. The Hall–Kier alpha value is -4.46. The topological polar surface area (TPSA) is 177 Å². The summed E-state index contributed by atoms with van der Waals surface area (Å²) in [5.41, 5.74) is 6.98. The molecule has 6 N–H and O–H groups in total. The van der Waals surface area contributed by atoms with E-state index in [1.165, 1.54) is 25.4 Å². The summed E-state index contributed by atoms with van der Waals surface area (Å²) in [5, 5.41) is 11.7. The van der Waals surface area contributed by atoms with Crippen LogP contribution in [0.5, 0.6) is 0 Å². The number of nitrogens with zero attached hydrogens (tertiary/aromatic N) is 2. The van der Waals surface area contributed by atoms with Crippen LogP contribution in [0.25, 0.3) is 0 Å². The van der Waals surface area contributed by atoms with Crippen molar-refractivity contribution in [2.45, 2.75) is 12.8 Å². The highest BCUT2D eigenvalue weighted by atomic mass is 32.2. The summed E-state index contributed by atoms with van der Waals surface area (Å²) in [5.74, 6) is -2.00. The first kappa shape index (κ1) is 28.1. The van der Waals surface area contributed by atoms with Crippen LogP contribution in [-0.4, -0.2) is 56.0 Å². The number of carbonyl (C=O) groups is 2. The average molecular weight is 546 g/mol. The molecule has 0 aliphatic heterocycles. The summed E-state index contributed by atoms with van der Waals surface area (Å²) in [6.45, 7) is 0.463. The summed E-state index contributed by atoms with van der Waals surface area (Å²) in [6.07, 6.45) is 3.06. The fourth-order valence-corrected chi connectivity index (χ4v) is 3.64. The Kier molecular flexibility index (Phi) is 9.38. The number of primary amides is 1. The highest BCUT2D eigenvalue weighted by Crippen LogP contribution is 2.28. The molecular weight excluding hydrogens is 517 g/mol. The minimum absolute atomic E-state index is 0.0270. The standard InChI is InChI=1S/C24H28FN7O5S/c1-37-21(33)8-5-11-27-15-9-10-17(25)20(12-15)31-24-28-13-16(22(26)34)23(32-24)30-19-7-4-3-6-18(19)29-14-38(2,35)36/h3-4,6-7,9-10,12-13,27,29H,5,8,11,14H2,1-2H3,(H2,26,34)(H2,28,30,31,32). The first-order chi connectivity index (χ1) is 18.1. The zero-order valence-electron chi connectivity index (χ0n) is 20.7. The van der Waals surface area contributed by atoms with Gasteiger partial charge in [0.15, 0.2) is 9.84 Å². The number of amides is 1. The van der Waals surface area contributed by atoms with Gasteiger partial charge in [-0.3, -0.25) is 9.59 Å². The maximum Gasteiger partial charge on any atom is 0.305 e. The molecule has 202 valence electrons. The summed E-state index contributed by atoms with van der Waals surface area (Å²) >= 11 is 0. The van der Waals surface area contributed by atoms with Crippen molar-refractivity contribution in [1.29, 1.82) is 0 Å². The van der Waals surface area contributed by atoms with Gasteiger partial charge in [-0.15, -0.1) is 0 Å². The molecule has 2 aromatic carbocycles. The number of hydrogen-bond acceptors (Lipinski definition) is 11. The molecule has 1 amide bonds. The molecule has 14 heteroatoms. The molecule has 3 rings (SSSR count). The monoisotopic (exact) mass is 545 g/mol. The van der Waals surface area contributed by atoms with Gasteiger partial charge >= 0.3 is 5.97 Å². The van der Waals surface area contributed by atoms with Crippen LogP contribution in [-0.2, 0) is 19.4 Å². The minimum Gasteiger partial charge on any atom is -0.469 e. The van der Waals surface area contributed by atoms with Crippen molar-refractivity contribution in [2.75, 3.05) is 47.1 Å². The molecule has 0 aliphatic rings. The maximum atomic E-state index is 14.5. The zero-order chi connectivity index (χ0) is 27.7. The number of esters is 1. The molecule has 0 radical (unpaired) electrons. The van der Waals surface area contributed by atoms with E-state index in [1.54, 1.807) is 30.3 Å². The smallest absolute Gasteiger partial charge is 0.305 e. The SMILES string of the molecule is COC(=O)CCCNc1ccc(F)c(Nc2ncc(C(N)=O)c(Nc3ccccc3NCS(C)(=O)=O)n2)c1. The normalized spacial score (nSPS) is 10.9. The van der Waals surface area contributed by atoms with Crippen LogP contribution in [0.2, 0.25) is 0 Å². The number of carbonyl (C=O) groups excluding carboxylic acids is 2. The molecule has 0 aliphatic carbocycles. The molecule has 0 spiro atoms. The maximum absolute atomic E-state index is 14.5. The number of rotatable bonds is 13. The molecule has 3 aromatic rings. The van der Waals surface area contributed by atoms with Gasteiger partial charge in [0, 0.05) is 31.1 Å². The fourth-order valence-electron chi connectivity index (χ4n) is 3.22. The van der Waals surface area contributed by atoms with Crippen LogP contribution >= 0.6 is 0 Å². The number of anilines is 6. The number of nitrogens with one attached hydrogen (secondary N) is 4. The molecule has 0 saturated heterocycles. The molecule has 0 bridgehead atoms. The largest absolute Gasteiger partial charge is 0.469 e. The van der Waals surface area contributed by atoms with Gasteiger partial charge in [0.1, 0.15) is 23.1 Å². The van der Waals surface area contributed by atoms with Crippen molar-refractivity contribution < 1.29 is 27.1 Å². The molecule has 38 heavy (non-hydrogen) atoms. The van der Waals surface area contributed by atoms with Crippen molar-refractivity contribution in [3.8, 4) is 0 Å². The second kappa shape index (κ2) is 12.7. The van der Waals surface area contributed by atoms with E-state index in [-0.39, 0.29) is 41.3 Å². The molecule has 0 atom stereocenters.